The molecule has 2 aromatic carbocycles. The van der Waals surface area contributed by atoms with Crippen LogP contribution in [-0.4, -0.2) is 17.7 Å². The molecule has 2 amide bonds. The molecule has 0 bridgehead atoms. The molecule has 0 atom stereocenters. The summed E-state index contributed by atoms with van der Waals surface area (Å²) in [5.74, 6) is 0.735. The van der Waals surface area contributed by atoms with Crippen molar-refractivity contribution in [1.29, 1.82) is 0 Å². The molecule has 0 saturated heterocycles. The lowest BCUT2D eigenvalue weighted by Gasteiger charge is -2.06. The third-order valence-corrected chi connectivity index (χ3v) is 3.58. The molecular weight excluding hydrogens is 302 g/mol. The van der Waals surface area contributed by atoms with Gasteiger partial charge in [-0.2, -0.15) is 0 Å². The van der Waals surface area contributed by atoms with Crippen molar-refractivity contribution >= 4 is 6.03 Å². The largest absolute Gasteiger partial charge is 0.356 e. The molecular formula is C19H19N3O2. The maximum absolute atomic E-state index is 11.8. The Labute approximate surface area is 140 Å². The third-order valence-electron chi connectivity index (χ3n) is 3.58. The molecule has 0 unspecified atom stereocenters. The van der Waals surface area contributed by atoms with Crippen LogP contribution < -0.4 is 10.6 Å². The van der Waals surface area contributed by atoms with Gasteiger partial charge in [-0.05, 0) is 5.56 Å². The summed E-state index contributed by atoms with van der Waals surface area (Å²) in [7, 11) is 0. The summed E-state index contributed by atoms with van der Waals surface area (Å²) in [5, 5.41) is 9.68. The van der Waals surface area contributed by atoms with Crippen LogP contribution in [0.25, 0.3) is 11.3 Å². The SMILES string of the molecule is O=C(NCCc1cc(-c2ccccc2)on1)NCc1ccccc1. The Kier molecular flexibility index (Phi) is 5.24. The average molecular weight is 321 g/mol. The smallest absolute Gasteiger partial charge is 0.315 e. The van der Waals surface area contributed by atoms with Gasteiger partial charge in [-0.3, -0.25) is 0 Å². The summed E-state index contributed by atoms with van der Waals surface area (Å²) in [6.07, 6.45) is 0.620. The fourth-order valence-corrected chi connectivity index (χ4v) is 2.31. The number of carbonyl (C=O) groups excluding carboxylic acids is 1. The Morgan fingerprint density at radius 3 is 2.42 bits per heavy atom. The molecule has 0 saturated carbocycles. The fourth-order valence-electron chi connectivity index (χ4n) is 2.31. The molecule has 1 heterocycles. The number of hydrogen-bond donors (Lipinski definition) is 2. The van der Waals surface area contributed by atoms with Gasteiger partial charge >= 0.3 is 6.03 Å². The molecule has 0 spiro atoms. The highest BCUT2D eigenvalue weighted by molar-refractivity contribution is 5.73. The first kappa shape index (κ1) is 15.8. The van der Waals surface area contributed by atoms with E-state index in [-0.39, 0.29) is 6.03 Å². The molecule has 5 nitrogen and oxygen atoms in total. The van der Waals surface area contributed by atoms with Crippen LogP contribution in [0, 0.1) is 0 Å². The van der Waals surface area contributed by atoms with E-state index in [9.17, 15) is 4.79 Å². The standard InChI is InChI=1S/C19H19N3O2/c23-19(21-14-15-7-3-1-4-8-15)20-12-11-17-13-18(24-22-17)16-9-5-2-6-10-16/h1-10,13H,11-12,14H2,(H2,20,21,23). The lowest BCUT2D eigenvalue weighted by atomic mass is 10.1. The van der Waals surface area contributed by atoms with Crippen LogP contribution >= 0.6 is 0 Å². The Balaban J connectivity index is 1.42. The van der Waals surface area contributed by atoms with Gasteiger partial charge in [0.1, 0.15) is 0 Å². The number of carbonyl (C=O) groups is 1. The molecule has 0 aliphatic carbocycles. The van der Waals surface area contributed by atoms with Crippen molar-refractivity contribution in [3.05, 3.63) is 78.0 Å². The molecule has 0 radical (unpaired) electrons. The Hall–Kier alpha value is -3.08. The van der Waals surface area contributed by atoms with Crippen LogP contribution in [0.3, 0.4) is 0 Å². The van der Waals surface area contributed by atoms with Crippen LogP contribution in [-0.2, 0) is 13.0 Å². The quantitative estimate of drug-likeness (QED) is 0.731. The molecule has 1 aromatic heterocycles. The number of aromatic nitrogens is 1. The summed E-state index contributed by atoms with van der Waals surface area (Å²) < 4.78 is 5.34. The zero-order valence-corrected chi connectivity index (χ0v) is 13.2. The van der Waals surface area contributed by atoms with Gasteiger partial charge in [0, 0.05) is 31.1 Å². The van der Waals surface area contributed by atoms with Gasteiger partial charge in [0.25, 0.3) is 0 Å². The minimum Gasteiger partial charge on any atom is -0.356 e. The van der Waals surface area contributed by atoms with Crippen molar-refractivity contribution in [3.8, 4) is 11.3 Å². The van der Waals surface area contributed by atoms with Crippen molar-refractivity contribution in [3.63, 3.8) is 0 Å². The summed E-state index contributed by atoms with van der Waals surface area (Å²) in [5.41, 5.74) is 2.87. The second-order valence-electron chi connectivity index (χ2n) is 5.39. The summed E-state index contributed by atoms with van der Waals surface area (Å²) >= 11 is 0. The van der Waals surface area contributed by atoms with E-state index in [0.717, 1.165) is 22.6 Å². The zero-order valence-electron chi connectivity index (χ0n) is 13.2. The molecule has 5 heteroatoms. The summed E-state index contributed by atoms with van der Waals surface area (Å²) in [6, 6.07) is 21.3. The highest BCUT2D eigenvalue weighted by Gasteiger charge is 2.07. The minimum atomic E-state index is -0.189. The van der Waals surface area contributed by atoms with E-state index in [2.05, 4.69) is 15.8 Å². The van der Waals surface area contributed by atoms with E-state index >= 15 is 0 Å². The summed E-state index contributed by atoms with van der Waals surface area (Å²) in [6.45, 7) is 1.01. The monoisotopic (exact) mass is 321 g/mol. The van der Waals surface area contributed by atoms with Crippen LogP contribution in [0.1, 0.15) is 11.3 Å². The van der Waals surface area contributed by atoms with E-state index < -0.39 is 0 Å². The van der Waals surface area contributed by atoms with E-state index in [0.29, 0.717) is 19.5 Å². The van der Waals surface area contributed by atoms with Crippen LogP contribution in [0.5, 0.6) is 0 Å². The van der Waals surface area contributed by atoms with Crippen molar-refractivity contribution in [2.24, 2.45) is 0 Å². The fraction of sp³-hybridized carbons (Fsp3) is 0.158. The maximum atomic E-state index is 11.8. The normalized spacial score (nSPS) is 10.3. The van der Waals surface area contributed by atoms with Crippen molar-refractivity contribution in [2.45, 2.75) is 13.0 Å². The van der Waals surface area contributed by atoms with E-state index in [1.54, 1.807) is 0 Å². The van der Waals surface area contributed by atoms with Gasteiger partial charge in [0.15, 0.2) is 5.76 Å². The predicted molar refractivity (Wildman–Crippen MR) is 92.3 cm³/mol. The van der Waals surface area contributed by atoms with Gasteiger partial charge in [-0.1, -0.05) is 65.8 Å². The van der Waals surface area contributed by atoms with E-state index in [1.165, 1.54) is 0 Å². The highest BCUT2D eigenvalue weighted by atomic mass is 16.5. The number of urea groups is 1. The minimum absolute atomic E-state index is 0.189. The van der Waals surface area contributed by atoms with Crippen LogP contribution in [0.15, 0.2) is 71.3 Å². The number of benzene rings is 2. The average Bonchev–Trinajstić information content (AvgIpc) is 3.11. The topological polar surface area (TPSA) is 67.2 Å². The van der Waals surface area contributed by atoms with Gasteiger partial charge in [-0.25, -0.2) is 4.79 Å². The first-order valence-corrected chi connectivity index (χ1v) is 7.88. The second kappa shape index (κ2) is 7.97. The van der Waals surface area contributed by atoms with Gasteiger partial charge in [-0.15, -0.1) is 0 Å². The number of nitrogens with one attached hydrogen (secondary N) is 2. The first-order valence-electron chi connectivity index (χ1n) is 7.88. The predicted octanol–water partition coefficient (Wildman–Crippen LogP) is 3.38. The van der Waals surface area contributed by atoms with Crippen LogP contribution in [0.4, 0.5) is 4.79 Å². The molecule has 0 aliphatic rings. The van der Waals surface area contributed by atoms with Gasteiger partial charge in [0.05, 0.1) is 5.69 Å². The van der Waals surface area contributed by atoms with Crippen molar-refractivity contribution < 1.29 is 9.32 Å². The lowest BCUT2D eigenvalue weighted by Crippen LogP contribution is -2.36. The zero-order chi connectivity index (χ0) is 16.6. The number of nitrogens with zero attached hydrogens (tertiary/aromatic N) is 1. The van der Waals surface area contributed by atoms with E-state index in [4.69, 9.17) is 4.52 Å². The number of rotatable bonds is 6. The summed E-state index contributed by atoms with van der Waals surface area (Å²) in [4.78, 5) is 11.8. The highest BCUT2D eigenvalue weighted by Crippen LogP contribution is 2.19. The van der Waals surface area contributed by atoms with Crippen LogP contribution in [0.2, 0.25) is 0 Å². The number of hydrogen-bond acceptors (Lipinski definition) is 3. The molecule has 3 aromatic rings. The molecule has 2 N–H and O–H groups in total. The second-order valence-corrected chi connectivity index (χ2v) is 5.39. The lowest BCUT2D eigenvalue weighted by molar-refractivity contribution is 0.240. The van der Waals surface area contributed by atoms with Gasteiger partial charge < -0.3 is 15.2 Å². The van der Waals surface area contributed by atoms with Crippen molar-refractivity contribution in [1.82, 2.24) is 15.8 Å². The van der Waals surface area contributed by atoms with Gasteiger partial charge in [0.2, 0.25) is 0 Å². The van der Waals surface area contributed by atoms with E-state index in [1.807, 2.05) is 66.7 Å². The first-order chi connectivity index (χ1) is 11.8. The maximum Gasteiger partial charge on any atom is 0.315 e. The Morgan fingerprint density at radius 2 is 1.67 bits per heavy atom. The Morgan fingerprint density at radius 1 is 0.958 bits per heavy atom. The molecule has 3 rings (SSSR count). The Bertz CT molecular complexity index is 770. The molecule has 0 aliphatic heterocycles. The molecule has 0 fully saturated rings. The molecule has 24 heavy (non-hydrogen) atoms. The van der Waals surface area contributed by atoms with Crippen molar-refractivity contribution in [2.75, 3.05) is 6.54 Å². The number of amides is 2. The third kappa shape index (κ3) is 4.46. The molecule has 122 valence electrons.